The number of nitrogens with zero attached hydrogens (tertiary/aromatic N) is 3. The molecular weight excluding hydrogens is 546 g/mol. The average Bonchev–Trinajstić information content (AvgIpc) is 3.28. The first-order valence-electron chi connectivity index (χ1n) is 12.6. The van der Waals surface area contributed by atoms with Gasteiger partial charge in [0.1, 0.15) is 17.2 Å². The molecule has 11 nitrogen and oxygen atoms in total. The predicted molar refractivity (Wildman–Crippen MR) is 141 cm³/mol. The molecule has 1 aliphatic rings. The highest BCUT2D eigenvalue weighted by molar-refractivity contribution is 7.89. The van der Waals surface area contributed by atoms with Gasteiger partial charge in [-0.2, -0.15) is 5.10 Å². The zero-order valence-corrected chi connectivity index (χ0v) is 23.1. The summed E-state index contributed by atoms with van der Waals surface area (Å²) < 4.78 is 53.6. The molecule has 214 valence electrons. The van der Waals surface area contributed by atoms with Crippen molar-refractivity contribution in [1.82, 2.24) is 30.0 Å². The van der Waals surface area contributed by atoms with E-state index in [1.165, 1.54) is 30.3 Å². The molecule has 0 unspecified atom stereocenters. The van der Waals surface area contributed by atoms with Crippen LogP contribution in [0, 0.1) is 22.5 Å². The number of hydrogen-bond donors (Lipinski definition) is 3. The summed E-state index contributed by atoms with van der Waals surface area (Å²) >= 11 is 0. The van der Waals surface area contributed by atoms with Gasteiger partial charge in [-0.05, 0) is 48.8 Å². The molecule has 0 spiro atoms. The van der Waals surface area contributed by atoms with Crippen molar-refractivity contribution < 1.29 is 31.6 Å². The maximum Gasteiger partial charge on any atom is 0.270 e. The van der Waals surface area contributed by atoms with Gasteiger partial charge >= 0.3 is 0 Å². The van der Waals surface area contributed by atoms with E-state index in [4.69, 9.17) is 0 Å². The first-order chi connectivity index (χ1) is 18.7. The van der Waals surface area contributed by atoms with Crippen LogP contribution in [0.1, 0.15) is 66.1 Å². The van der Waals surface area contributed by atoms with Crippen LogP contribution in [0.2, 0.25) is 0 Å². The van der Waals surface area contributed by atoms with Gasteiger partial charge in [0.2, 0.25) is 15.9 Å². The number of halogens is 2. The molecule has 40 heavy (non-hydrogen) atoms. The van der Waals surface area contributed by atoms with Gasteiger partial charge in [-0.25, -0.2) is 26.7 Å². The molecule has 3 amide bonds. The van der Waals surface area contributed by atoms with Crippen LogP contribution in [0.15, 0.2) is 36.5 Å². The Kier molecular flexibility index (Phi) is 7.92. The Balaban J connectivity index is 1.45. The van der Waals surface area contributed by atoms with Crippen LogP contribution in [-0.2, 0) is 21.4 Å². The highest BCUT2D eigenvalue weighted by Crippen LogP contribution is 2.45. The number of hydrogen-bond acceptors (Lipinski definition) is 7. The minimum atomic E-state index is -3.68. The summed E-state index contributed by atoms with van der Waals surface area (Å²) in [7, 11) is -3.68. The molecule has 1 aliphatic carbocycles. The second kappa shape index (κ2) is 10.9. The fourth-order valence-corrected chi connectivity index (χ4v) is 5.16. The lowest BCUT2D eigenvalue weighted by atomic mass is 9.65. The Morgan fingerprint density at radius 3 is 2.27 bits per heavy atom. The van der Waals surface area contributed by atoms with Crippen LogP contribution in [0.3, 0.4) is 0 Å². The van der Waals surface area contributed by atoms with Crippen LogP contribution in [-0.4, -0.2) is 53.5 Å². The van der Waals surface area contributed by atoms with Gasteiger partial charge in [0, 0.05) is 24.6 Å². The number of sulfonamides is 1. The normalized spacial score (nSPS) is 21.1. The van der Waals surface area contributed by atoms with Crippen LogP contribution in [0.25, 0.3) is 5.65 Å². The Labute approximate surface area is 229 Å². The lowest BCUT2D eigenvalue weighted by Gasteiger charge is -2.42. The highest BCUT2D eigenvalue weighted by atomic mass is 32.2. The van der Waals surface area contributed by atoms with Crippen molar-refractivity contribution in [3.63, 3.8) is 0 Å². The molecule has 2 aromatic heterocycles. The van der Waals surface area contributed by atoms with Crippen molar-refractivity contribution in [2.45, 2.75) is 46.1 Å². The van der Waals surface area contributed by atoms with Crippen molar-refractivity contribution in [2.24, 2.45) is 10.8 Å². The summed E-state index contributed by atoms with van der Waals surface area (Å²) in [6.07, 6.45) is 3.75. The standard InChI is InChI=1S/C26H30F2N6O5S/c1-25(8-10-26(2,11-9-25)24(37)33-40(3,38)39)15-30-23(36)20-12-19(32-21-18(28)14-31-34(20)21)22(35)29-13-16-4-6-17(27)7-5-16/h4-7,12,14H,8-11,13,15H2,1-3H3,(H,29,35)(H,30,36)(H,33,37). The lowest BCUT2D eigenvalue weighted by Crippen LogP contribution is -2.47. The monoisotopic (exact) mass is 576 g/mol. The van der Waals surface area contributed by atoms with Crippen LogP contribution < -0.4 is 15.4 Å². The fourth-order valence-electron chi connectivity index (χ4n) is 4.57. The Morgan fingerprint density at radius 1 is 1.00 bits per heavy atom. The molecule has 3 aromatic rings. The molecule has 3 N–H and O–H groups in total. The second-order valence-corrected chi connectivity index (χ2v) is 12.6. The summed E-state index contributed by atoms with van der Waals surface area (Å²) in [5, 5.41) is 9.32. The van der Waals surface area contributed by atoms with Crippen LogP contribution >= 0.6 is 0 Å². The molecule has 4 rings (SSSR count). The van der Waals surface area contributed by atoms with Crippen LogP contribution in [0.4, 0.5) is 8.78 Å². The number of aromatic nitrogens is 3. The molecule has 14 heteroatoms. The van der Waals surface area contributed by atoms with Gasteiger partial charge in [0.05, 0.1) is 12.5 Å². The third-order valence-electron chi connectivity index (χ3n) is 7.32. The molecule has 1 saturated carbocycles. The number of amides is 3. The number of nitrogens with one attached hydrogen (secondary N) is 3. The van der Waals surface area contributed by atoms with E-state index in [2.05, 4.69) is 25.4 Å². The number of benzene rings is 1. The number of carbonyl (C=O) groups is 3. The topological polar surface area (TPSA) is 152 Å². The predicted octanol–water partition coefficient (Wildman–Crippen LogP) is 2.33. The molecular formula is C26H30F2N6O5S. The van der Waals surface area contributed by atoms with Crippen molar-refractivity contribution in [3.05, 3.63) is 65.1 Å². The highest BCUT2D eigenvalue weighted by Gasteiger charge is 2.43. The zero-order valence-electron chi connectivity index (χ0n) is 22.3. The summed E-state index contributed by atoms with van der Waals surface area (Å²) in [5.74, 6) is -3.04. The number of fused-ring (bicyclic) bond motifs is 1. The molecule has 0 radical (unpaired) electrons. The molecule has 1 aromatic carbocycles. The minimum Gasteiger partial charge on any atom is -0.350 e. The van der Waals surface area contributed by atoms with Crippen molar-refractivity contribution >= 4 is 33.4 Å². The Hall–Kier alpha value is -3.94. The maximum absolute atomic E-state index is 14.4. The third-order valence-corrected chi connectivity index (χ3v) is 7.88. The molecule has 0 atom stereocenters. The lowest BCUT2D eigenvalue weighted by molar-refractivity contribution is -0.131. The first kappa shape index (κ1) is 29.1. The van der Waals surface area contributed by atoms with Gasteiger partial charge < -0.3 is 10.6 Å². The summed E-state index contributed by atoms with van der Waals surface area (Å²) in [4.78, 5) is 42.5. The summed E-state index contributed by atoms with van der Waals surface area (Å²) in [6, 6.07) is 6.74. The Bertz CT molecular complexity index is 1560. The van der Waals surface area contributed by atoms with E-state index < -0.39 is 50.2 Å². The SMILES string of the molecule is CC1(CNC(=O)c2cc(C(=O)NCc3ccc(F)cc3)nc3c(F)cnn23)CCC(C)(C(=O)NS(C)(=O)=O)CC1. The smallest absolute Gasteiger partial charge is 0.270 e. The van der Waals surface area contributed by atoms with Crippen LogP contribution in [0.5, 0.6) is 0 Å². The summed E-state index contributed by atoms with van der Waals surface area (Å²) in [6.45, 7) is 3.95. The van der Waals surface area contributed by atoms with Crippen molar-refractivity contribution in [2.75, 3.05) is 12.8 Å². The largest absolute Gasteiger partial charge is 0.350 e. The zero-order chi connectivity index (χ0) is 29.3. The summed E-state index contributed by atoms with van der Waals surface area (Å²) in [5.41, 5.74) is -1.20. The number of rotatable bonds is 8. The van der Waals surface area contributed by atoms with Gasteiger partial charge in [0.25, 0.3) is 11.8 Å². The van der Waals surface area contributed by atoms with E-state index >= 15 is 0 Å². The van der Waals surface area contributed by atoms with Gasteiger partial charge in [-0.1, -0.05) is 26.0 Å². The van der Waals surface area contributed by atoms with Gasteiger partial charge in [-0.3, -0.25) is 19.1 Å². The molecule has 0 bridgehead atoms. The molecule has 1 fully saturated rings. The third kappa shape index (κ3) is 6.61. The second-order valence-electron chi connectivity index (χ2n) is 10.8. The van der Waals surface area contributed by atoms with E-state index in [0.717, 1.165) is 17.0 Å². The molecule has 0 saturated heterocycles. The first-order valence-corrected chi connectivity index (χ1v) is 14.4. The van der Waals surface area contributed by atoms with Gasteiger partial charge in [-0.15, -0.1) is 0 Å². The molecule has 2 heterocycles. The van der Waals surface area contributed by atoms with E-state index in [9.17, 15) is 31.6 Å². The van der Waals surface area contributed by atoms with Gasteiger partial charge in [0.15, 0.2) is 11.5 Å². The molecule has 0 aliphatic heterocycles. The van der Waals surface area contributed by atoms with Crippen molar-refractivity contribution in [3.8, 4) is 0 Å². The fraction of sp³-hybridized carbons (Fsp3) is 0.423. The quantitative estimate of drug-likeness (QED) is 0.372. The average molecular weight is 577 g/mol. The minimum absolute atomic E-state index is 0.0642. The Morgan fingerprint density at radius 2 is 1.65 bits per heavy atom. The van der Waals surface area contributed by atoms with Crippen molar-refractivity contribution in [1.29, 1.82) is 0 Å². The maximum atomic E-state index is 14.4. The number of carbonyl (C=O) groups excluding carboxylic acids is 3. The van der Waals surface area contributed by atoms with E-state index in [1.807, 2.05) is 6.92 Å². The van der Waals surface area contributed by atoms with E-state index in [1.54, 1.807) is 6.92 Å². The van der Waals surface area contributed by atoms with E-state index in [-0.39, 0.29) is 30.1 Å². The van der Waals surface area contributed by atoms with E-state index in [0.29, 0.717) is 31.2 Å².